The Bertz CT molecular complexity index is 753. The fourth-order valence-electron chi connectivity index (χ4n) is 3.02. The van der Waals surface area contributed by atoms with Gasteiger partial charge in [0.1, 0.15) is 0 Å². The van der Waals surface area contributed by atoms with Crippen LogP contribution in [0.3, 0.4) is 0 Å². The van der Waals surface area contributed by atoms with Crippen LogP contribution in [0.4, 0.5) is 0 Å². The molecule has 0 saturated carbocycles. The van der Waals surface area contributed by atoms with E-state index in [0.717, 1.165) is 35.4 Å². The Hall–Kier alpha value is -1.92. The predicted octanol–water partition coefficient (Wildman–Crippen LogP) is 3.10. The Kier molecular flexibility index (Phi) is 5.38. The number of pyridine rings is 1. The maximum absolute atomic E-state index is 7.32. The van der Waals surface area contributed by atoms with Gasteiger partial charge in [0.05, 0.1) is 11.4 Å². The first-order chi connectivity index (χ1) is 10.6. The van der Waals surface area contributed by atoms with Gasteiger partial charge in [-0.3, -0.25) is 10.4 Å². The summed E-state index contributed by atoms with van der Waals surface area (Å²) in [6.07, 6.45) is 3.62. The minimum Gasteiger partial charge on any atom is -0.369 e. The summed E-state index contributed by atoms with van der Waals surface area (Å²) < 4.78 is 0. The number of hydrogen-bond acceptors (Lipinski definition) is 4. The molecule has 3 rings (SSSR count). The quantitative estimate of drug-likeness (QED) is 0.442. The summed E-state index contributed by atoms with van der Waals surface area (Å²) in [4.78, 5) is 5.95. The van der Waals surface area contributed by atoms with Crippen molar-refractivity contribution in [1.29, 1.82) is 5.41 Å². The molecule has 0 fully saturated rings. The number of guanidine groups is 1. The monoisotopic (exact) mass is 349 g/mol. The van der Waals surface area contributed by atoms with Crippen LogP contribution in [0, 0.1) is 19.3 Å². The van der Waals surface area contributed by atoms with E-state index in [1.807, 2.05) is 12.3 Å². The second kappa shape index (κ2) is 7.10. The fourth-order valence-corrected chi connectivity index (χ4v) is 4.05. The molecule has 1 aliphatic rings. The van der Waals surface area contributed by atoms with E-state index in [2.05, 4.69) is 40.8 Å². The highest BCUT2D eigenvalue weighted by Gasteiger charge is 2.28. The van der Waals surface area contributed by atoms with E-state index in [0.29, 0.717) is 5.92 Å². The van der Waals surface area contributed by atoms with Gasteiger partial charge in [-0.25, -0.2) is 5.43 Å². The Morgan fingerprint density at radius 1 is 1.35 bits per heavy atom. The number of fused-ring (bicyclic) bond motifs is 1. The first-order valence-corrected chi connectivity index (χ1v) is 8.09. The summed E-state index contributed by atoms with van der Waals surface area (Å²) in [7, 11) is 0. The summed E-state index contributed by atoms with van der Waals surface area (Å²) in [5.41, 5.74) is 13.6. The molecule has 2 aromatic heterocycles. The first-order valence-electron chi connectivity index (χ1n) is 7.21. The molecular formula is C16H20ClN5S. The first kappa shape index (κ1) is 17.4. The van der Waals surface area contributed by atoms with E-state index in [9.17, 15) is 0 Å². The molecule has 2 heterocycles. The number of nitrogens with zero attached hydrogens (tertiary/aromatic N) is 2. The Morgan fingerprint density at radius 3 is 2.78 bits per heavy atom. The van der Waals surface area contributed by atoms with Crippen molar-refractivity contribution in [3.63, 3.8) is 0 Å². The number of aryl methyl sites for hydroxylation is 2. The molecule has 1 aliphatic carbocycles. The van der Waals surface area contributed by atoms with Crippen molar-refractivity contribution >= 4 is 35.4 Å². The number of aromatic nitrogens is 1. The third kappa shape index (κ3) is 3.54. The van der Waals surface area contributed by atoms with Gasteiger partial charge in [0, 0.05) is 29.0 Å². The summed E-state index contributed by atoms with van der Waals surface area (Å²) in [5, 5.41) is 13.8. The molecule has 0 bridgehead atoms. The smallest absolute Gasteiger partial charge is 0.206 e. The third-order valence-electron chi connectivity index (χ3n) is 3.99. The van der Waals surface area contributed by atoms with Crippen LogP contribution in [-0.4, -0.2) is 16.7 Å². The number of halogens is 1. The molecule has 23 heavy (non-hydrogen) atoms. The zero-order chi connectivity index (χ0) is 15.7. The summed E-state index contributed by atoms with van der Waals surface area (Å²) in [6, 6.07) is 4.16. The lowest BCUT2D eigenvalue weighted by Crippen LogP contribution is -2.29. The highest BCUT2D eigenvalue weighted by atomic mass is 35.5. The number of nitrogens with one attached hydrogen (secondary N) is 2. The van der Waals surface area contributed by atoms with Crippen LogP contribution in [0.15, 0.2) is 28.8 Å². The molecule has 1 unspecified atom stereocenters. The lowest BCUT2D eigenvalue weighted by Gasteiger charge is -2.26. The topological polar surface area (TPSA) is 87.2 Å². The number of hydrazone groups is 1. The minimum atomic E-state index is -0.148. The van der Waals surface area contributed by atoms with Crippen molar-refractivity contribution in [2.24, 2.45) is 10.8 Å². The van der Waals surface area contributed by atoms with Gasteiger partial charge < -0.3 is 5.73 Å². The standard InChI is InChI=1S/C16H19N5S.ClH/c1-9-3-5-19-12-7-11(15-10(2)4-6-22-15)8-13(14(9)12)20-21-16(17)18;/h3-6,11H,7-8H2,1-2H3,(H4,17,18,21);1H/b20-13-;. The molecular weight excluding hydrogens is 330 g/mol. The fraction of sp³-hybridized carbons (Fsp3) is 0.312. The van der Waals surface area contributed by atoms with Gasteiger partial charge in [-0.05, 0) is 48.9 Å². The van der Waals surface area contributed by atoms with Gasteiger partial charge in [-0.1, -0.05) is 0 Å². The van der Waals surface area contributed by atoms with Gasteiger partial charge in [-0.2, -0.15) is 5.10 Å². The van der Waals surface area contributed by atoms with Crippen molar-refractivity contribution < 1.29 is 0 Å². The summed E-state index contributed by atoms with van der Waals surface area (Å²) in [6.45, 7) is 4.22. The van der Waals surface area contributed by atoms with Crippen LogP contribution in [0.5, 0.6) is 0 Å². The number of rotatable bonds is 2. The Balaban J connectivity index is 0.00000192. The van der Waals surface area contributed by atoms with E-state index in [1.165, 1.54) is 10.4 Å². The van der Waals surface area contributed by atoms with Gasteiger partial charge in [-0.15, -0.1) is 23.7 Å². The zero-order valence-electron chi connectivity index (χ0n) is 13.1. The number of thiophene rings is 1. The van der Waals surface area contributed by atoms with Gasteiger partial charge in [0.25, 0.3) is 0 Å². The molecule has 7 heteroatoms. The number of hydrogen-bond donors (Lipinski definition) is 3. The van der Waals surface area contributed by atoms with Crippen LogP contribution < -0.4 is 11.2 Å². The lowest BCUT2D eigenvalue weighted by atomic mass is 9.82. The van der Waals surface area contributed by atoms with Gasteiger partial charge >= 0.3 is 0 Å². The van der Waals surface area contributed by atoms with Gasteiger partial charge in [0.15, 0.2) is 0 Å². The van der Waals surface area contributed by atoms with Crippen LogP contribution in [0.1, 0.15) is 39.6 Å². The molecule has 5 nitrogen and oxygen atoms in total. The van der Waals surface area contributed by atoms with Crippen molar-refractivity contribution in [3.05, 3.63) is 51.0 Å². The summed E-state index contributed by atoms with van der Waals surface area (Å²) in [5.74, 6) is 0.235. The summed E-state index contributed by atoms with van der Waals surface area (Å²) >= 11 is 1.79. The second-order valence-electron chi connectivity index (χ2n) is 5.61. The molecule has 0 radical (unpaired) electrons. The average molecular weight is 350 g/mol. The van der Waals surface area contributed by atoms with Crippen molar-refractivity contribution in [2.75, 3.05) is 0 Å². The van der Waals surface area contributed by atoms with E-state index < -0.39 is 0 Å². The number of nitrogens with two attached hydrogens (primary N) is 1. The molecule has 2 aromatic rings. The largest absolute Gasteiger partial charge is 0.369 e. The highest BCUT2D eigenvalue weighted by Crippen LogP contribution is 2.37. The normalized spacial score (nSPS) is 18.2. The van der Waals surface area contributed by atoms with Crippen molar-refractivity contribution in [1.82, 2.24) is 10.4 Å². The maximum atomic E-state index is 7.32. The van der Waals surface area contributed by atoms with E-state index >= 15 is 0 Å². The molecule has 0 aromatic carbocycles. The zero-order valence-corrected chi connectivity index (χ0v) is 14.7. The second-order valence-corrected chi connectivity index (χ2v) is 6.55. The van der Waals surface area contributed by atoms with Crippen molar-refractivity contribution in [3.8, 4) is 0 Å². The van der Waals surface area contributed by atoms with Gasteiger partial charge in [0.2, 0.25) is 5.96 Å². The van der Waals surface area contributed by atoms with Crippen molar-refractivity contribution in [2.45, 2.75) is 32.6 Å². The highest BCUT2D eigenvalue weighted by molar-refractivity contribution is 7.10. The lowest BCUT2D eigenvalue weighted by molar-refractivity contribution is 0.683. The van der Waals surface area contributed by atoms with E-state index in [1.54, 1.807) is 11.3 Å². The SMILES string of the molecule is Cc1ccsc1C1C/C(=N/NC(=N)N)c2c(C)ccnc2C1.Cl. The molecule has 0 spiro atoms. The molecule has 4 N–H and O–H groups in total. The van der Waals surface area contributed by atoms with E-state index in [4.69, 9.17) is 11.1 Å². The molecule has 0 aliphatic heterocycles. The predicted molar refractivity (Wildman–Crippen MR) is 97.9 cm³/mol. The van der Waals surface area contributed by atoms with Crippen LogP contribution in [0.2, 0.25) is 0 Å². The van der Waals surface area contributed by atoms with E-state index in [-0.39, 0.29) is 18.4 Å². The van der Waals surface area contributed by atoms with Crippen LogP contribution in [-0.2, 0) is 6.42 Å². The Labute approximate surface area is 145 Å². The van der Waals surface area contributed by atoms with Crippen LogP contribution >= 0.6 is 23.7 Å². The van der Waals surface area contributed by atoms with Crippen LogP contribution in [0.25, 0.3) is 0 Å². The average Bonchev–Trinajstić information content (AvgIpc) is 2.90. The minimum absolute atomic E-state index is 0. The maximum Gasteiger partial charge on any atom is 0.206 e. The molecule has 0 amide bonds. The molecule has 1 atom stereocenters. The third-order valence-corrected chi connectivity index (χ3v) is 5.17. The Morgan fingerprint density at radius 2 is 2.13 bits per heavy atom. The molecule has 122 valence electrons. The molecule has 0 saturated heterocycles.